The normalized spacial score (nSPS) is 10.8. The molecular weight excluding hydrogens is 470 g/mol. The zero-order valence-corrected chi connectivity index (χ0v) is 23.7. The second kappa shape index (κ2) is 19.8. The fourth-order valence-electron chi connectivity index (χ4n) is 3.53. The smallest absolute Gasteiger partial charge is 0.412 e. The van der Waals surface area contributed by atoms with Crippen LogP contribution >= 0.6 is 11.3 Å². The highest BCUT2D eigenvalue weighted by Gasteiger charge is 2.08. The molecule has 0 aliphatic rings. The van der Waals surface area contributed by atoms with E-state index in [1.807, 2.05) is 32.9 Å². The number of unbranched alkanes of at least 4 members (excludes halogenated alkanes) is 8. The third-order valence-corrected chi connectivity index (χ3v) is 6.56. The van der Waals surface area contributed by atoms with Crippen LogP contribution in [0, 0.1) is 0 Å². The molecule has 36 heavy (non-hydrogen) atoms. The molecule has 5 nitrogen and oxygen atoms in total. The Labute approximate surface area is 223 Å². The number of carbonyl (C=O) groups is 2. The van der Waals surface area contributed by atoms with E-state index in [9.17, 15) is 9.59 Å². The van der Waals surface area contributed by atoms with Crippen LogP contribution in [0.3, 0.4) is 0 Å². The summed E-state index contributed by atoms with van der Waals surface area (Å²) >= 11 is 1.67. The molecule has 202 valence electrons. The molecule has 1 aromatic carbocycles. The molecule has 0 saturated carbocycles. The van der Waals surface area contributed by atoms with Crippen LogP contribution in [0.5, 0.6) is 0 Å². The fraction of sp³-hybridized carbons (Fsp3) is 0.600. The summed E-state index contributed by atoms with van der Waals surface area (Å²) in [7, 11) is 0. The maximum absolute atomic E-state index is 11.9. The minimum Gasteiger partial charge on any atom is -0.462 e. The first kappa shape index (κ1) is 31.7. The molecule has 0 radical (unpaired) electrons. The zero-order valence-electron chi connectivity index (χ0n) is 22.9. The lowest BCUT2D eigenvalue weighted by Gasteiger charge is -2.14. The Morgan fingerprint density at radius 1 is 0.861 bits per heavy atom. The molecule has 0 saturated heterocycles. The van der Waals surface area contributed by atoms with Crippen molar-refractivity contribution in [2.24, 2.45) is 0 Å². The molecule has 1 aromatic heterocycles. The zero-order chi connectivity index (χ0) is 26.5. The molecule has 2 rings (SSSR count). The Hall–Kier alpha value is -2.34. The Morgan fingerprint density at radius 2 is 1.50 bits per heavy atom. The number of ether oxygens (including phenoxy) is 2. The number of hydrogen-bond acceptors (Lipinski definition) is 5. The first-order valence-electron chi connectivity index (χ1n) is 13.5. The van der Waals surface area contributed by atoms with E-state index in [-0.39, 0.29) is 11.7 Å². The standard InChI is InChI=1S/C25H37NO2S.C5H10O2/c1-2-3-4-5-6-7-8-12-18-23-19-20-24(29-23)26-25(27)28-21-14-13-17-22-15-10-9-11-16-22;1-5(2,3)7-4-6/h9-11,15-16,19-20H,2-8,12-14,17-18,21H2,1H3,(H,26,27);4H,1-3H3. The highest BCUT2D eigenvalue weighted by molar-refractivity contribution is 7.16. The van der Waals surface area contributed by atoms with Gasteiger partial charge in [0.25, 0.3) is 6.47 Å². The fourth-order valence-corrected chi connectivity index (χ4v) is 4.47. The predicted molar refractivity (Wildman–Crippen MR) is 152 cm³/mol. The van der Waals surface area contributed by atoms with Crippen molar-refractivity contribution in [3.05, 3.63) is 52.9 Å². The predicted octanol–water partition coefficient (Wildman–Crippen LogP) is 8.96. The van der Waals surface area contributed by atoms with Gasteiger partial charge in [-0.2, -0.15) is 0 Å². The van der Waals surface area contributed by atoms with Crippen molar-refractivity contribution < 1.29 is 19.1 Å². The van der Waals surface area contributed by atoms with Crippen molar-refractivity contribution in [1.82, 2.24) is 0 Å². The van der Waals surface area contributed by atoms with Crippen LogP contribution in [0.1, 0.15) is 102 Å². The third kappa shape index (κ3) is 18.0. The second-order valence-corrected chi connectivity index (χ2v) is 11.2. The van der Waals surface area contributed by atoms with Crippen LogP contribution in [-0.4, -0.2) is 24.8 Å². The van der Waals surface area contributed by atoms with E-state index in [1.165, 1.54) is 61.8 Å². The Bertz CT molecular complexity index is 814. The van der Waals surface area contributed by atoms with E-state index >= 15 is 0 Å². The molecule has 0 spiro atoms. The first-order chi connectivity index (χ1) is 17.3. The van der Waals surface area contributed by atoms with Crippen molar-refractivity contribution in [1.29, 1.82) is 0 Å². The van der Waals surface area contributed by atoms with Gasteiger partial charge in [-0.3, -0.25) is 10.1 Å². The van der Waals surface area contributed by atoms with Gasteiger partial charge in [0.15, 0.2) is 0 Å². The largest absolute Gasteiger partial charge is 0.462 e. The maximum Gasteiger partial charge on any atom is 0.412 e. The van der Waals surface area contributed by atoms with Gasteiger partial charge in [-0.05, 0) is 70.6 Å². The number of benzene rings is 1. The lowest BCUT2D eigenvalue weighted by molar-refractivity contribution is -0.138. The van der Waals surface area contributed by atoms with Crippen LogP contribution in [0.2, 0.25) is 0 Å². The van der Waals surface area contributed by atoms with Crippen molar-refractivity contribution in [3.8, 4) is 0 Å². The number of carbonyl (C=O) groups excluding carboxylic acids is 2. The molecule has 0 unspecified atom stereocenters. The highest BCUT2D eigenvalue weighted by Crippen LogP contribution is 2.24. The van der Waals surface area contributed by atoms with E-state index in [0.29, 0.717) is 13.1 Å². The molecule has 0 aliphatic heterocycles. The van der Waals surface area contributed by atoms with Gasteiger partial charge >= 0.3 is 6.09 Å². The number of aryl methyl sites for hydroxylation is 2. The van der Waals surface area contributed by atoms with Crippen LogP contribution < -0.4 is 5.32 Å². The number of anilines is 1. The number of rotatable bonds is 16. The monoisotopic (exact) mass is 517 g/mol. The summed E-state index contributed by atoms with van der Waals surface area (Å²) in [5.74, 6) is 0. The molecule has 0 aliphatic carbocycles. The molecule has 2 aromatic rings. The summed E-state index contributed by atoms with van der Waals surface area (Å²) in [6.45, 7) is 8.65. The van der Waals surface area contributed by atoms with Gasteiger partial charge in [0.05, 0.1) is 11.6 Å². The average Bonchev–Trinajstić information content (AvgIpc) is 3.28. The lowest BCUT2D eigenvalue weighted by atomic mass is 10.1. The number of nitrogens with one attached hydrogen (secondary N) is 1. The quantitative estimate of drug-likeness (QED) is 0.178. The van der Waals surface area contributed by atoms with Gasteiger partial charge in [-0.15, -0.1) is 11.3 Å². The third-order valence-electron chi connectivity index (χ3n) is 5.50. The first-order valence-corrected chi connectivity index (χ1v) is 14.3. The lowest BCUT2D eigenvalue weighted by Crippen LogP contribution is -2.17. The van der Waals surface area contributed by atoms with Crippen LogP contribution in [0.4, 0.5) is 9.80 Å². The molecule has 1 amide bonds. The summed E-state index contributed by atoms with van der Waals surface area (Å²) in [5.41, 5.74) is 1.02. The van der Waals surface area contributed by atoms with Crippen molar-refractivity contribution in [3.63, 3.8) is 0 Å². The van der Waals surface area contributed by atoms with Crippen LogP contribution in [-0.2, 0) is 27.1 Å². The SMILES string of the molecule is CC(C)(C)OC=O.CCCCCCCCCCc1ccc(NC(=O)OCCCCc2ccccc2)s1. The second-order valence-electron chi connectivity index (χ2n) is 10.0. The van der Waals surface area contributed by atoms with Gasteiger partial charge in [0.1, 0.15) is 5.60 Å². The van der Waals surface area contributed by atoms with Gasteiger partial charge < -0.3 is 9.47 Å². The molecule has 1 N–H and O–H groups in total. The topological polar surface area (TPSA) is 64.6 Å². The van der Waals surface area contributed by atoms with Crippen LogP contribution in [0.15, 0.2) is 42.5 Å². The number of thiophene rings is 1. The Morgan fingerprint density at radius 3 is 2.11 bits per heavy atom. The number of amides is 1. The molecule has 6 heteroatoms. The van der Waals surface area contributed by atoms with E-state index in [2.05, 4.69) is 47.3 Å². The van der Waals surface area contributed by atoms with E-state index in [1.54, 1.807) is 11.3 Å². The van der Waals surface area contributed by atoms with Gasteiger partial charge in [-0.1, -0.05) is 82.2 Å². The van der Waals surface area contributed by atoms with Gasteiger partial charge in [0, 0.05) is 4.88 Å². The molecule has 1 heterocycles. The summed E-state index contributed by atoms with van der Waals surface area (Å²) in [6.07, 6.45) is 14.4. The van der Waals surface area contributed by atoms with Gasteiger partial charge in [-0.25, -0.2) is 4.79 Å². The van der Waals surface area contributed by atoms with E-state index in [4.69, 9.17) is 4.74 Å². The highest BCUT2D eigenvalue weighted by atomic mass is 32.1. The average molecular weight is 518 g/mol. The van der Waals surface area contributed by atoms with E-state index < -0.39 is 0 Å². The Balaban J connectivity index is 0.000000809. The van der Waals surface area contributed by atoms with Crippen molar-refractivity contribution >= 4 is 28.9 Å². The summed E-state index contributed by atoms with van der Waals surface area (Å²) < 4.78 is 9.85. The van der Waals surface area contributed by atoms with Crippen LogP contribution in [0.25, 0.3) is 0 Å². The van der Waals surface area contributed by atoms with Crippen molar-refractivity contribution in [2.75, 3.05) is 11.9 Å². The molecular formula is C30H47NO4S. The summed E-state index contributed by atoms with van der Waals surface area (Å²) in [4.78, 5) is 22.9. The maximum atomic E-state index is 11.9. The number of hydrogen-bond donors (Lipinski definition) is 1. The molecule has 0 atom stereocenters. The minimum absolute atomic E-state index is 0.318. The minimum atomic E-state index is -0.342. The summed E-state index contributed by atoms with van der Waals surface area (Å²) in [5, 5.41) is 3.74. The van der Waals surface area contributed by atoms with Crippen molar-refractivity contribution in [2.45, 2.75) is 110 Å². The van der Waals surface area contributed by atoms with Gasteiger partial charge in [0.2, 0.25) is 0 Å². The molecule has 0 bridgehead atoms. The Kier molecular flexibility index (Phi) is 17.4. The van der Waals surface area contributed by atoms with E-state index in [0.717, 1.165) is 30.7 Å². The molecule has 0 fully saturated rings. The summed E-state index contributed by atoms with van der Waals surface area (Å²) in [6, 6.07) is 14.5.